The van der Waals surface area contributed by atoms with E-state index >= 15 is 0 Å². The third kappa shape index (κ3) is 3.76. The van der Waals surface area contributed by atoms with E-state index in [1.165, 1.54) is 17.7 Å². The van der Waals surface area contributed by atoms with Crippen molar-refractivity contribution >= 4 is 6.03 Å². The van der Waals surface area contributed by atoms with Crippen LogP contribution < -0.4 is 0 Å². The monoisotopic (exact) mass is 381 g/mol. The van der Waals surface area contributed by atoms with Gasteiger partial charge >= 0.3 is 6.03 Å². The molecule has 2 aromatic carbocycles. The van der Waals surface area contributed by atoms with Gasteiger partial charge in [0.25, 0.3) is 0 Å². The normalized spacial score (nSPS) is 21.9. The summed E-state index contributed by atoms with van der Waals surface area (Å²) >= 11 is 0. The number of benzene rings is 2. The molecule has 0 aliphatic carbocycles. The maximum absolute atomic E-state index is 13.5. The summed E-state index contributed by atoms with van der Waals surface area (Å²) in [6.07, 6.45) is 1.91. The molecular weight excluding hydrogens is 353 g/mol. The van der Waals surface area contributed by atoms with Crippen LogP contribution in [-0.2, 0) is 6.42 Å². The fourth-order valence-corrected chi connectivity index (χ4v) is 4.63. The van der Waals surface area contributed by atoms with Crippen LogP contribution in [0.1, 0.15) is 29.2 Å². The Kier molecular flexibility index (Phi) is 5.36. The highest BCUT2D eigenvalue weighted by Gasteiger charge is 2.36. The highest BCUT2D eigenvalue weighted by Crippen LogP contribution is 2.36. The maximum atomic E-state index is 13.5. The zero-order chi connectivity index (χ0) is 19.7. The molecule has 2 aromatic rings. The number of rotatable bonds is 3. The van der Waals surface area contributed by atoms with E-state index < -0.39 is 0 Å². The Labute approximate surface area is 166 Å². The first-order chi connectivity index (χ1) is 13.5. The van der Waals surface area contributed by atoms with Gasteiger partial charge in [-0.25, -0.2) is 9.18 Å². The summed E-state index contributed by atoms with van der Waals surface area (Å²) in [6, 6.07) is 14.8. The van der Waals surface area contributed by atoms with Crippen LogP contribution in [0.3, 0.4) is 0 Å². The van der Waals surface area contributed by atoms with E-state index in [0.717, 1.165) is 43.6 Å². The zero-order valence-electron chi connectivity index (χ0n) is 16.6. The molecule has 0 N–H and O–H groups in total. The highest BCUT2D eigenvalue weighted by molar-refractivity contribution is 5.76. The van der Waals surface area contributed by atoms with Crippen LogP contribution in [0.15, 0.2) is 48.5 Å². The summed E-state index contributed by atoms with van der Waals surface area (Å²) < 4.78 is 13.5. The van der Waals surface area contributed by atoms with Crippen molar-refractivity contribution in [1.82, 2.24) is 14.7 Å². The van der Waals surface area contributed by atoms with Crippen molar-refractivity contribution in [2.45, 2.75) is 18.9 Å². The van der Waals surface area contributed by atoms with Gasteiger partial charge in [-0.05, 0) is 61.7 Å². The van der Waals surface area contributed by atoms with E-state index in [-0.39, 0.29) is 17.9 Å². The summed E-state index contributed by atoms with van der Waals surface area (Å²) in [5.74, 6) is 0.275. The van der Waals surface area contributed by atoms with Gasteiger partial charge in [-0.3, -0.25) is 0 Å². The molecule has 4 nitrogen and oxygen atoms in total. The topological polar surface area (TPSA) is 26.8 Å². The van der Waals surface area contributed by atoms with Gasteiger partial charge < -0.3 is 14.7 Å². The third-order valence-corrected chi connectivity index (χ3v) is 5.89. The van der Waals surface area contributed by atoms with Crippen molar-refractivity contribution in [3.8, 4) is 0 Å². The van der Waals surface area contributed by atoms with E-state index in [1.807, 2.05) is 21.9 Å². The smallest absolute Gasteiger partial charge is 0.320 e. The molecule has 28 heavy (non-hydrogen) atoms. The third-order valence-electron chi connectivity index (χ3n) is 5.89. The summed E-state index contributed by atoms with van der Waals surface area (Å²) in [6.45, 7) is 3.32. The Hall–Kier alpha value is -2.40. The number of halogens is 1. The quantitative estimate of drug-likeness (QED) is 0.809. The maximum Gasteiger partial charge on any atom is 0.320 e. The number of carbonyl (C=O) groups is 1. The van der Waals surface area contributed by atoms with Gasteiger partial charge in [-0.2, -0.15) is 0 Å². The molecule has 0 bridgehead atoms. The fourth-order valence-electron chi connectivity index (χ4n) is 4.63. The largest absolute Gasteiger partial charge is 0.324 e. The average molecular weight is 381 g/mol. The lowest BCUT2D eigenvalue weighted by atomic mass is 9.88. The molecule has 2 heterocycles. The number of amides is 2. The number of nitrogens with zero attached hydrogens (tertiary/aromatic N) is 3. The van der Waals surface area contributed by atoms with Gasteiger partial charge in [0.05, 0.1) is 6.04 Å². The van der Waals surface area contributed by atoms with Crippen molar-refractivity contribution in [3.63, 3.8) is 0 Å². The molecule has 148 valence electrons. The second-order valence-corrected chi connectivity index (χ2v) is 8.24. The summed E-state index contributed by atoms with van der Waals surface area (Å²) in [5, 5.41) is 0. The zero-order valence-corrected chi connectivity index (χ0v) is 16.6. The van der Waals surface area contributed by atoms with Gasteiger partial charge in [0.1, 0.15) is 5.82 Å². The number of likely N-dealkylation sites (tertiary alicyclic amines) is 1. The minimum absolute atomic E-state index is 0.102. The molecular formula is C23H28FN3O. The fraction of sp³-hybridized carbons (Fsp3) is 0.435. The van der Waals surface area contributed by atoms with Gasteiger partial charge in [0, 0.05) is 26.2 Å². The minimum Gasteiger partial charge on any atom is -0.324 e. The second-order valence-electron chi connectivity index (χ2n) is 8.24. The molecule has 0 spiro atoms. The summed E-state index contributed by atoms with van der Waals surface area (Å²) in [4.78, 5) is 19.6. The summed E-state index contributed by atoms with van der Waals surface area (Å²) in [5.41, 5.74) is 3.39. The Morgan fingerprint density at radius 3 is 2.61 bits per heavy atom. The van der Waals surface area contributed by atoms with E-state index in [1.54, 1.807) is 12.1 Å². The molecule has 0 radical (unpaired) electrons. The minimum atomic E-state index is -0.253. The van der Waals surface area contributed by atoms with E-state index in [0.29, 0.717) is 12.5 Å². The van der Waals surface area contributed by atoms with Crippen molar-refractivity contribution in [2.24, 2.45) is 5.92 Å². The molecule has 5 heteroatoms. The van der Waals surface area contributed by atoms with Gasteiger partial charge in [-0.15, -0.1) is 0 Å². The molecule has 2 amide bonds. The molecule has 0 saturated carbocycles. The van der Waals surface area contributed by atoms with Crippen LogP contribution in [0.2, 0.25) is 0 Å². The van der Waals surface area contributed by atoms with Crippen molar-refractivity contribution < 1.29 is 9.18 Å². The molecule has 0 aromatic heterocycles. The summed E-state index contributed by atoms with van der Waals surface area (Å²) in [7, 11) is 4.16. The first-order valence-corrected chi connectivity index (χ1v) is 10.1. The average Bonchev–Trinajstić information content (AvgIpc) is 3.15. The molecule has 1 unspecified atom stereocenters. The molecule has 2 atom stereocenters. The number of urea groups is 1. The highest BCUT2D eigenvalue weighted by atomic mass is 19.1. The van der Waals surface area contributed by atoms with Crippen LogP contribution in [0.4, 0.5) is 9.18 Å². The molecule has 1 saturated heterocycles. The van der Waals surface area contributed by atoms with Crippen molar-refractivity contribution in [3.05, 3.63) is 71.0 Å². The first kappa shape index (κ1) is 18.9. The standard InChI is InChI=1S/C23H28FN3O/c1-25(2)15-17-11-13-26(16-17)23(28)27-14-12-18-5-3-4-6-21(18)22(27)19-7-9-20(24)10-8-19/h3-10,17,22H,11-16H2,1-2H3/t17?,22-/m0/s1. The SMILES string of the molecule is CN(C)CC1CCN(C(=O)N2CCc3ccccc3[C@@H]2c2ccc(F)cc2)C1. The number of hydrogen-bond donors (Lipinski definition) is 0. The van der Waals surface area contributed by atoms with Crippen LogP contribution in [0, 0.1) is 11.7 Å². The van der Waals surface area contributed by atoms with E-state index in [4.69, 9.17) is 0 Å². The van der Waals surface area contributed by atoms with Crippen LogP contribution in [-0.4, -0.2) is 61.0 Å². The number of hydrogen-bond acceptors (Lipinski definition) is 2. The van der Waals surface area contributed by atoms with Crippen LogP contribution >= 0.6 is 0 Å². The first-order valence-electron chi connectivity index (χ1n) is 10.1. The lowest BCUT2D eigenvalue weighted by molar-refractivity contribution is 0.144. The molecule has 1 fully saturated rings. The van der Waals surface area contributed by atoms with Crippen LogP contribution in [0.5, 0.6) is 0 Å². The Morgan fingerprint density at radius 1 is 1.11 bits per heavy atom. The predicted octanol–water partition coefficient (Wildman–Crippen LogP) is 3.78. The van der Waals surface area contributed by atoms with Gasteiger partial charge in [0.15, 0.2) is 0 Å². The van der Waals surface area contributed by atoms with E-state index in [9.17, 15) is 9.18 Å². The van der Waals surface area contributed by atoms with Crippen molar-refractivity contribution in [1.29, 1.82) is 0 Å². The lowest BCUT2D eigenvalue weighted by Gasteiger charge is -2.39. The number of fused-ring (bicyclic) bond motifs is 1. The Morgan fingerprint density at radius 2 is 1.86 bits per heavy atom. The molecule has 2 aliphatic heterocycles. The Balaban J connectivity index is 1.62. The lowest BCUT2D eigenvalue weighted by Crippen LogP contribution is -2.47. The van der Waals surface area contributed by atoms with Crippen molar-refractivity contribution in [2.75, 3.05) is 40.3 Å². The van der Waals surface area contributed by atoms with E-state index in [2.05, 4.69) is 31.1 Å². The predicted molar refractivity (Wildman–Crippen MR) is 109 cm³/mol. The molecule has 4 rings (SSSR count). The van der Waals surface area contributed by atoms with Gasteiger partial charge in [0.2, 0.25) is 0 Å². The second kappa shape index (κ2) is 7.92. The van der Waals surface area contributed by atoms with Crippen LogP contribution in [0.25, 0.3) is 0 Å². The Bertz CT molecular complexity index is 836. The number of carbonyl (C=O) groups excluding carboxylic acids is 1. The van der Waals surface area contributed by atoms with Gasteiger partial charge in [-0.1, -0.05) is 36.4 Å². The molecule has 2 aliphatic rings.